The van der Waals surface area contributed by atoms with Gasteiger partial charge in [-0.05, 0) is 26.3 Å². The van der Waals surface area contributed by atoms with E-state index in [4.69, 9.17) is 4.52 Å². The van der Waals surface area contributed by atoms with Crippen LogP contribution in [0.1, 0.15) is 50.6 Å². The largest absolute Gasteiger partial charge is 0.339 e. The Morgan fingerprint density at radius 3 is 2.58 bits per heavy atom. The predicted molar refractivity (Wildman–Crippen MR) is 73.6 cm³/mol. The molecular weight excluding hydrogens is 266 g/mol. The Hall–Kier alpha value is -0.950. The first-order chi connectivity index (χ1) is 8.88. The van der Waals surface area contributed by atoms with Gasteiger partial charge >= 0.3 is 0 Å². The van der Waals surface area contributed by atoms with E-state index in [-0.39, 0.29) is 11.9 Å². The second-order valence-corrected chi connectivity index (χ2v) is 7.15. The fourth-order valence-electron chi connectivity index (χ4n) is 1.63. The molecule has 0 aliphatic carbocycles. The molecule has 1 rings (SSSR count). The number of rotatable bonds is 8. The summed E-state index contributed by atoms with van der Waals surface area (Å²) >= 11 is 0. The molecule has 6 nitrogen and oxygen atoms in total. The van der Waals surface area contributed by atoms with Crippen molar-refractivity contribution in [2.45, 2.75) is 51.3 Å². The maximum Gasteiger partial charge on any atom is 0.228 e. The van der Waals surface area contributed by atoms with Gasteiger partial charge in [-0.3, -0.25) is 0 Å². The van der Waals surface area contributed by atoms with Crippen molar-refractivity contribution in [3.63, 3.8) is 0 Å². The van der Waals surface area contributed by atoms with Crippen molar-refractivity contribution in [2.75, 3.05) is 12.8 Å². The van der Waals surface area contributed by atoms with Crippen LogP contribution in [0.15, 0.2) is 4.52 Å². The molecule has 2 unspecified atom stereocenters. The fraction of sp³-hybridized carbons (Fsp3) is 0.833. The van der Waals surface area contributed by atoms with E-state index in [1.165, 1.54) is 6.26 Å². The minimum atomic E-state index is -3.19. The summed E-state index contributed by atoms with van der Waals surface area (Å²) in [7, 11) is -3.19. The molecule has 19 heavy (non-hydrogen) atoms. The quantitative estimate of drug-likeness (QED) is 0.780. The van der Waals surface area contributed by atoms with Crippen LogP contribution < -0.4 is 5.32 Å². The van der Waals surface area contributed by atoms with Crippen molar-refractivity contribution in [2.24, 2.45) is 0 Å². The van der Waals surface area contributed by atoms with Gasteiger partial charge in [-0.25, -0.2) is 8.42 Å². The van der Waals surface area contributed by atoms with E-state index in [0.717, 1.165) is 19.4 Å². The molecule has 0 aliphatic heterocycles. The van der Waals surface area contributed by atoms with Crippen molar-refractivity contribution >= 4 is 9.84 Å². The van der Waals surface area contributed by atoms with Crippen molar-refractivity contribution in [1.29, 1.82) is 0 Å². The third-order valence-corrected chi connectivity index (χ3v) is 4.58. The summed E-state index contributed by atoms with van der Waals surface area (Å²) < 4.78 is 28.0. The molecule has 0 saturated carbocycles. The van der Waals surface area contributed by atoms with Crippen LogP contribution >= 0.6 is 0 Å². The van der Waals surface area contributed by atoms with Crippen molar-refractivity contribution in [3.05, 3.63) is 11.7 Å². The summed E-state index contributed by atoms with van der Waals surface area (Å²) in [6.45, 7) is 6.71. The number of nitrogens with zero attached hydrogens (tertiary/aromatic N) is 2. The van der Waals surface area contributed by atoms with Crippen LogP contribution in [-0.4, -0.2) is 37.4 Å². The highest BCUT2D eigenvalue weighted by Crippen LogP contribution is 2.18. The lowest BCUT2D eigenvalue weighted by Crippen LogP contribution is -2.31. The SMILES string of the molecule is CCCNC(CC)Cc1nc(C(C)S(C)(=O)=O)no1. The van der Waals surface area contributed by atoms with Crippen molar-refractivity contribution in [3.8, 4) is 0 Å². The molecule has 2 atom stereocenters. The Morgan fingerprint density at radius 2 is 2.05 bits per heavy atom. The van der Waals surface area contributed by atoms with E-state index in [1.807, 2.05) is 0 Å². The lowest BCUT2D eigenvalue weighted by atomic mass is 10.1. The van der Waals surface area contributed by atoms with Crippen molar-refractivity contribution < 1.29 is 12.9 Å². The lowest BCUT2D eigenvalue weighted by molar-refractivity contribution is 0.350. The molecule has 0 fully saturated rings. The van der Waals surface area contributed by atoms with Crippen LogP contribution in [-0.2, 0) is 16.3 Å². The van der Waals surface area contributed by atoms with E-state index in [9.17, 15) is 8.42 Å². The summed E-state index contributed by atoms with van der Waals surface area (Å²) in [5.74, 6) is 0.726. The van der Waals surface area contributed by atoms with Crippen LogP contribution in [0.3, 0.4) is 0 Å². The average Bonchev–Trinajstić information content (AvgIpc) is 2.80. The second kappa shape index (κ2) is 7.00. The molecule has 110 valence electrons. The fourth-order valence-corrected chi connectivity index (χ4v) is 2.11. The first kappa shape index (κ1) is 16.1. The molecule has 1 N–H and O–H groups in total. The summed E-state index contributed by atoms with van der Waals surface area (Å²) in [6.07, 6.45) is 3.82. The minimum Gasteiger partial charge on any atom is -0.339 e. The summed E-state index contributed by atoms with van der Waals surface area (Å²) in [5.41, 5.74) is 0. The van der Waals surface area contributed by atoms with E-state index in [0.29, 0.717) is 12.3 Å². The van der Waals surface area contributed by atoms with Crippen LogP contribution in [0, 0.1) is 0 Å². The molecular formula is C12H23N3O3S. The van der Waals surface area contributed by atoms with Gasteiger partial charge in [0, 0.05) is 18.7 Å². The smallest absolute Gasteiger partial charge is 0.228 e. The van der Waals surface area contributed by atoms with E-state index >= 15 is 0 Å². The molecule has 0 aromatic carbocycles. The summed E-state index contributed by atoms with van der Waals surface area (Å²) in [4.78, 5) is 4.18. The van der Waals surface area contributed by atoms with Gasteiger partial charge in [0.05, 0.1) is 0 Å². The van der Waals surface area contributed by atoms with E-state index < -0.39 is 15.1 Å². The molecule has 0 aliphatic rings. The number of nitrogens with one attached hydrogen (secondary N) is 1. The first-order valence-corrected chi connectivity index (χ1v) is 8.58. The van der Waals surface area contributed by atoms with Gasteiger partial charge in [0.1, 0.15) is 5.25 Å². The number of hydrogen-bond donors (Lipinski definition) is 1. The topological polar surface area (TPSA) is 85.1 Å². The molecule has 0 radical (unpaired) electrons. The Kier molecular flexibility index (Phi) is 5.93. The Bertz CT molecular complexity index is 484. The molecule has 0 saturated heterocycles. The van der Waals surface area contributed by atoms with Crippen LogP contribution in [0.4, 0.5) is 0 Å². The predicted octanol–water partition coefficient (Wildman–Crippen LogP) is 1.50. The van der Waals surface area contributed by atoms with E-state index in [2.05, 4.69) is 29.3 Å². The molecule has 0 spiro atoms. The van der Waals surface area contributed by atoms with Crippen LogP contribution in [0.2, 0.25) is 0 Å². The number of sulfone groups is 1. The maximum atomic E-state index is 11.4. The third kappa shape index (κ3) is 4.91. The Morgan fingerprint density at radius 1 is 1.37 bits per heavy atom. The van der Waals surface area contributed by atoms with Gasteiger partial charge in [0.15, 0.2) is 15.7 Å². The summed E-state index contributed by atoms with van der Waals surface area (Å²) in [5, 5.41) is 6.42. The van der Waals surface area contributed by atoms with E-state index in [1.54, 1.807) is 6.92 Å². The number of aromatic nitrogens is 2. The van der Waals surface area contributed by atoms with Gasteiger partial charge in [0.25, 0.3) is 0 Å². The molecule has 1 aromatic heterocycles. The monoisotopic (exact) mass is 289 g/mol. The molecule has 1 heterocycles. The first-order valence-electron chi connectivity index (χ1n) is 6.63. The van der Waals surface area contributed by atoms with Crippen LogP contribution in [0.5, 0.6) is 0 Å². The van der Waals surface area contributed by atoms with Gasteiger partial charge in [0.2, 0.25) is 5.89 Å². The van der Waals surface area contributed by atoms with Gasteiger partial charge < -0.3 is 9.84 Å². The number of hydrogen-bond acceptors (Lipinski definition) is 6. The summed E-state index contributed by atoms with van der Waals surface area (Å²) in [6, 6.07) is 0.279. The molecule has 0 bridgehead atoms. The molecule has 1 aromatic rings. The Balaban J connectivity index is 2.69. The molecule has 0 amide bonds. The van der Waals surface area contributed by atoms with Gasteiger partial charge in [-0.1, -0.05) is 19.0 Å². The third-order valence-electron chi connectivity index (χ3n) is 3.09. The van der Waals surface area contributed by atoms with Gasteiger partial charge in [-0.2, -0.15) is 4.98 Å². The van der Waals surface area contributed by atoms with Crippen LogP contribution in [0.25, 0.3) is 0 Å². The zero-order chi connectivity index (χ0) is 14.5. The maximum absolute atomic E-state index is 11.4. The minimum absolute atomic E-state index is 0.239. The zero-order valence-corrected chi connectivity index (χ0v) is 12.8. The molecule has 7 heteroatoms. The lowest BCUT2D eigenvalue weighted by Gasteiger charge is -2.13. The second-order valence-electron chi connectivity index (χ2n) is 4.78. The highest BCUT2D eigenvalue weighted by atomic mass is 32.2. The average molecular weight is 289 g/mol. The highest BCUT2D eigenvalue weighted by molar-refractivity contribution is 7.90. The standard InChI is InChI=1S/C12H23N3O3S/c1-5-7-13-10(6-2)8-11-14-12(15-18-11)9(3)19(4,16)17/h9-10,13H,5-8H2,1-4H3. The van der Waals surface area contributed by atoms with Crippen molar-refractivity contribution in [1.82, 2.24) is 15.5 Å². The highest BCUT2D eigenvalue weighted by Gasteiger charge is 2.23. The Labute approximate surface area is 114 Å². The normalized spacial score (nSPS) is 15.4. The van der Waals surface area contributed by atoms with Gasteiger partial charge in [-0.15, -0.1) is 0 Å². The zero-order valence-electron chi connectivity index (χ0n) is 12.0.